The number of carbonyl (C=O) groups is 2. The second-order valence-electron chi connectivity index (χ2n) is 4.93. The first kappa shape index (κ1) is 18.4. The Labute approximate surface area is 150 Å². The van der Waals surface area contributed by atoms with Gasteiger partial charge in [-0.25, -0.2) is 0 Å². The summed E-state index contributed by atoms with van der Waals surface area (Å²) >= 11 is 7.07. The average molecular weight is 364 g/mol. The number of benzene rings is 2. The van der Waals surface area contributed by atoms with Gasteiger partial charge in [-0.2, -0.15) is 0 Å². The third-order valence-corrected chi connectivity index (χ3v) is 4.27. The number of amides is 1. The van der Waals surface area contributed by atoms with Crippen LogP contribution in [0.3, 0.4) is 0 Å². The maximum Gasteiger partial charge on any atom is 0.234 e. The van der Waals surface area contributed by atoms with Crippen LogP contribution in [0.25, 0.3) is 0 Å². The number of ether oxygens (including phenoxy) is 1. The number of hydrogen-bond acceptors (Lipinski definition) is 4. The van der Waals surface area contributed by atoms with Crippen LogP contribution in [0.2, 0.25) is 5.02 Å². The van der Waals surface area contributed by atoms with Gasteiger partial charge in [0.2, 0.25) is 5.91 Å². The Morgan fingerprint density at radius 3 is 2.33 bits per heavy atom. The Bertz CT molecular complexity index is 686. The molecule has 0 saturated heterocycles. The van der Waals surface area contributed by atoms with Crippen LogP contribution in [-0.2, 0) is 4.79 Å². The summed E-state index contributed by atoms with van der Waals surface area (Å²) in [5, 5.41) is 3.38. The van der Waals surface area contributed by atoms with E-state index < -0.39 is 0 Å². The Morgan fingerprint density at radius 1 is 1.04 bits per heavy atom. The van der Waals surface area contributed by atoms with Crippen LogP contribution < -0.4 is 10.1 Å². The van der Waals surface area contributed by atoms with Crippen molar-refractivity contribution >= 4 is 40.7 Å². The number of nitrogens with one attached hydrogen (secondary N) is 1. The van der Waals surface area contributed by atoms with E-state index in [-0.39, 0.29) is 23.2 Å². The molecule has 2 rings (SSSR count). The van der Waals surface area contributed by atoms with Crippen LogP contribution in [-0.4, -0.2) is 29.8 Å². The van der Waals surface area contributed by atoms with Gasteiger partial charge in [0.25, 0.3) is 0 Å². The molecule has 0 fully saturated rings. The number of rotatable bonds is 8. The van der Waals surface area contributed by atoms with E-state index in [4.69, 9.17) is 16.3 Å². The molecular weight excluding hydrogens is 346 g/mol. The van der Waals surface area contributed by atoms with Crippen molar-refractivity contribution in [3.63, 3.8) is 0 Å². The van der Waals surface area contributed by atoms with Crippen LogP contribution in [0.1, 0.15) is 17.3 Å². The molecule has 126 valence electrons. The molecule has 24 heavy (non-hydrogen) atoms. The molecule has 0 aliphatic carbocycles. The Morgan fingerprint density at radius 2 is 1.71 bits per heavy atom. The Kier molecular flexibility index (Phi) is 7.15. The summed E-state index contributed by atoms with van der Waals surface area (Å²) in [5.74, 6) is 1.06. The summed E-state index contributed by atoms with van der Waals surface area (Å²) in [6.45, 7) is 2.52. The van der Waals surface area contributed by atoms with Gasteiger partial charge < -0.3 is 10.1 Å². The number of hydrogen-bond donors (Lipinski definition) is 1. The number of anilines is 1. The van der Waals surface area contributed by atoms with Gasteiger partial charge >= 0.3 is 0 Å². The second kappa shape index (κ2) is 9.35. The predicted octanol–water partition coefficient (Wildman–Crippen LogP) is 4.29. The lowest BCUT2D eigenvalue weighted by atomic mass is 10.1. The van der Waals surface area contributed by atoms with E-state index in [1.54, 1.807) is 48.5 Å². The van der Waals surface area contributed by atoms with Crippen molar-refractivity contribution in [1.29, 1.82) is 0 Å². The van der Waals surface area contributed by atoms with Gasteiger partial charge in [0.05, 0.1) is 18.1 Å². The van der Waals surface area contributed by atoms with E-state index in [2.05, 4.69) is 5.32 Å². The van der Waals surface area contributed by atoms with E-state index >= 15 is 0 Å². The zero-order chi connectivity index (χ0) is 17.4. The van der Waals surface area contributed by atoms with Gasteiger partial charge in [-0.05, 0) is 55.5 Å². The number of ketones is 1. The van der Waals surface area contributed by atoms with Crippen molar-refractivity contribution in [3.8, 4) is 5.75 Å². The first-order chi connectivity index (χ1) is 11.6. The zero-order valence-corrected chi connectivity index (χ0v) is 14.8. The molecule has 1 amide bonds. The molecule has 0 saturated carbocycles. The summed E-state index contributed by atoms with van der Waals surface area (Å²) in [6.07, 6.45) is 0. The van der Waals surface area contributed by atoms with Crippen molar-refractivity contribution in [2.45, 2.75) is 6.92 Å². The highest BCUT2D eigenvalue weighted by Gasteiger charge is 2.08. The van der Waals surface area contributed by atoms with Crippen molar-refractivity contribution < 1.29 is 14.3 Å². The molecule has 0 unspecified atom stereocenters. The number of halogens is 1. The molecule has 0 aliphatic heterocycles. The summed E-state index contributed by atoms with van der Waals surface area (Å²) in [4.78, 5) is 23.9. The van der Waals surface area contributed by atoms with Gasteiger partial charge in [0.1, 0.15) is 5.75 Å². The largest absolute Gasteiger partial charge is 0.494 e. The Balaban J connectivity index is 1.74. The van der Waals surface area contributed by atoms with E-state index in [0.29, 0.717) is 22.9 Å². The monoisotopic (exact) mass is 363 g/mol. The molecule has 0 bridgehead atoms. The fourth-order valence-electron chi connectivity index (χ4n) is 1.95. The molecule has 0 radical (unpaired) electrons. The molecule has 0 spiro atoms. The lowest BCUT2D eigenvalue weighted by Gasteiger charge is -2.07. The number of Topliss-reactive ketones (excluding diaryl/α,β-unsaturated/α-hetero) is 1. The minimum Gasteiger partial charge on any atom is -0.494 e. The van der Waals surface area contributed by atoms with Crippen LogP contribution in [0.15, 0.2) is 48.5 Å². The van der Waals surface area contributed by atoms with E-state index in [9.17, 15) is 9.59 Å². The SMILES string of the molecule is CCOc1ccc(NC(=O)CSCC(=O)c2ccc(Cl)cc2)cc1. The summed E-state index contributed by atoms with van der Waals surface area (Å²) in [7, 11) is 0. The fourth-order valence-corrected chi connectivity index (χ4v) is 2.79. The smallest absolute Gasteiger partial charge is 0.234 e. The van der Waals surface area contributed by atoms with Gasteiger partial charge in [0.15, 0.2) is 5.78 Å². The molecule has 0 aromatic heterocycles. The van der Waals surface area contributed by atoms with E-state index in [1.807, 2.05) is 6.92 Å². The third kappa shape index (κ3) is 5.91. The normalized spacial score (nSPS) is 10.2. The second-order valence-corrected chi connectivity index (χ2v) is 6.35. The van der Waals surface area contributed by atoms with Crippen LogP contribution in [0.5, 0.6) is 5.75 Å². The first-order valence-corrected chi connectivity index (χ1v) is 9.01. The van der Waals surface area contributed by atoms with Crippen molar-refractivity contribution in [3.05, 3.63) is 59.1 Å². The fraction of sp³-hybridized carbons (Fsp3) is 0.222. The Hall–Kier alpha value is -1.98. The zero-order valence-electron chi connectivity index (χ0n) is 13.3. The standard InChI is InChI=1S/C18H18ClNO3S/c1-2-23-16-9-7-15(8-10-16)20-18(22)12-24-11-17(21)13-3-5-14(19)6-4-13/h3-10H,2,11-12H2,1H3,(H,20,22). The summed E-state index contributed by atoms with van der Waals surface area (Å²) in [6, 6.07) is 13.9. The highest BCUT2D eigenvalue weighted by atomic mass is 35.5. The molecule has 0 heterocycles. The lowest BCUT2D eigenvalue weighted by molar-refractivity contribution is -0.113. The highest BCUT2D eigenvalue weighted by molar-refractivity contribution is 8.00. The first-order valence-electron chi connectivity index (χ1n) is 7.47. The lowest BCUT2D eigenvalue weighted by Crippen LogP contribution is -2.15. The molecule has 4 nitrogen and oxygen atoms in total. The van der Waals surface area contributed by atoms with E-state index in [0.717, 1.165) is 5.75 Å². The van der Waals surface area contributed by atoms with Crippen molar-refractivity contribution in [2.24, 2.45) is 0 Å². The molecule has 6 heteroatoms. The topological polar surface area (TPSA) is 55.4 Å². The summed E-state index contributed by atoms with van der Waals surface area (Å²) in [5.41, 5.74) is 1.30. The summed E-state index contributed by atoms with van der Waals surface area (Å²) < 4.78 is 5.34. The molecule has 2 aromatic rings. The molecule has 2 aromatic carbocycles. The molecule has 0 atom stereocenters. The maximum absolute atomic E-state index is 12.0. The van der Waals surface area contributed by atoms with Crippen LogP contribution in [0, 0.1) is 0 Å². The van der Waals surface area contributed by atoms with Gasteiger partial charge in [0, 0.05) is 16.3 Å². The van der Waals surface area contributed by atoms with Gasteiger partial charge in [-0.15, -0.1) is 11.8 Å². The van der Waals surface area contributed by atoms with E-state index in [1.165, 1.54) is 11.8 Å². The number of thioether (sulfide) groups is 1. The van der Waals surface area contributed by atoms with Crippen molar-refractivity contribution in [2.75, 3.05) is 23.4 Å². The van der Waals surface area contributed by atoms with Gasteiger partial charge in [-0.1, -0.05) is 11.6 Å². The third-order valence-electron chi connectivity index (χ3n) is 3.08. The minimum absolute atomic E-state index is 0.0227. The van der Waals surface area contributed by atoms with Gasteiger partial charge in [-0.3, -0.25) is 9.59 Å². The quantitative estimate of drug-likeness (QED) is 0.711. The van der Waals surface area contributed by atoms with Crippen LogP contribution in [0.4, 0.5) is 5.69 Å². The molecule has 1 N–H and O–H groups in total. The van der Waals surface area contributed by atoms with Crippen LogP contribution >= 0.6 is 23.4 Å². The highest BCUT2D eigenvalue weighted by Crippen LogP contribution is 2.16. The van der Waals surface area contributed by atoms with Crippen molar-refractivity contribution in [1.82, 2.24) is 0 Å². The maximum atomic E-state index is 12.0. The predicted molar refractivity (Wildman–Crippen MR) is 99.3 cm³/mol. The minimum atomic E-state index is -0.145. The molecule has 0 aliphatic rings. The molecular formula is C18H18ClNO3S. The number of carbonyl (C=O) groups excluding carboxylic acids is 2. The average Bonchev–Trinajstić information content (AvgIpc) is 2.57.